The number of benzene rings is 2. The quantitative estimate of drug-likeness (QED) is 0.451. The lowest BCUT2D eigenvalue weighted by atomic mass is 10.2. The summed E-state index contributed by atoms with van der Waals surface area (Å²) in [7, 11) is 0. The summed E-state index contributed by atoms with van der Waals surface area (Å²) in [6.45, 7) is 1.26. The number of piperazine rings is 1. The highest BCUT2D eigenvalue weighted by Crippen LogP contribution is 2.26. The molecule has 2 N–H and O–H groups in total. The minimum Gasteiger partial charge on any atom is -0.327 e. The van der Waals surface area contributed by atoms with Gasteiger partial charge in [0.15, 0.2) is 29.8 Å². The van der Waals surface area contributed by atoms with Crippen molar-refractivity contribution in [3.05, 3.63) is 65.0 Å². The third-order valence-corrected chi connectivity index (χ3v) is 4.66. The molecule has 1 aliphatic heterocycles. The summed E-state index contributed by atoms with van der Waals surface area (Å²) in [6, 6.07) is 8.68. The standard InChI is InChI=1S/C19H16F5N3O2/c20-13-14(21)16(23)18(17(24)15(13)22)25-12(28)10-26-6-8-27(9-7-26)19(29)11-4-2-1-3-5-11/h1-5H,6-10H2,(H,25,28)/p+1. The van der Waals surface area contributed by atoms with E-state index in [1.807, 2.05) is 0 Å². The molecule has 1 fully saturated rings. The van der Waals surface area contributed by atoms with E-state index < -0.39 is 40.7 Å². The van der Waals surface area contributed by atoms with Gasteiger partial charge in [-0.15, -0.1) is 0 Å². The summed E-state index contributed by atoms with van der Waals surface area (Å²) >= 11 is 0. The summed E-state index contributed by atoms with van der Waals surface area (Å²) in [4.78, 5) is 26.8. The highest BCUT2D eigenvalue weighted by Gasteiger charge is 2.29. The van der Waals surface area contributed by atoms with E-state index in [0.717, 1.165) is 0 Å². The highest BCUT2D eigenvalue weighted by molar-refractivity contribution is 5.94. The molecule has 5 nitrogen and oxygen atoms in total. The van der Waals surface area contributed by atoms with Crippen LogP contribution in [0, 0.1) is 29.1 Å². The van der Waals surface area contributed by atoms with Gasteiger partial charge >= 0.3 is 0 Å². The first-order chi connectivity index (χ1) is 13.8. The van der Waals surface area contributed by atoms with Crippen LogP contribution in [-0.4, -0.2) is 49.4 Å². The highest BCUT2D eigenvalue weighted by atomic mass is 19.2. The second-order valence-electron chi connectivity index (χ2n) is 6.58. The number of amides is 2. The van der Waals surface area contributed by atoms with Crippen molar-refractivity contribution in [2.75, 3.05) is 38.0 Å². The van der Waals surface area contributed by atoms with Crippen molar-refractivity contribution in [3.8, 4) is 0 Å². The summed E-state index contributed by atoms with van der Waals surface area (Å²) in [5.41, 5.74) is -0.830. The number of nitrogens with one attached hydrogen (secondary N) is 2. The molecular weight excluding hydrogens is 397 g/mol. The monoisotopic (exact) mass is 414 g/mol. The van der Waals surface area contributed by atoms with Gasteiger partial charge in [-0.05, 0) is 12.1 Å². The molecule has 0 saturated carbocycles. The number of rotatable bonds is 4. The third kappa shape index (κ3) is 4.37. The summed E-state index contributed by atoms with van der Waals surface area (Å²) in [5, 5.41) is 1.76. The maximum atomic E-state index is 13.7. The number of carbonyl (C=O) groups excluding carboxylic acids is 2. The van der Waals surface area contributed by atoms with Crippen molar-refractivity contribution in [1.29, 1.82) is 0 Å². The zero-order valence-electron chi connectivity index (χ0n) is 15.1. The Labute approximate surface area is 162 Å². The number of hydrogen-bond acceptors (Lipinski definition) is 2. The average molecular weight is 414 g/mol. The van der Waals surface area contributed by atoms with Gasteiger partial charge in [-0.25, -0.2) is 22.0 Å². The van der Waals surface area contributed by atoms with Crippen LogP contribution < -0.4 is 10.2 Å². The Morgan fingerprint density at radius 1 is 0.862 bits per heavy atom. The number of carbonyl (C=O) groups is 2. The lowest BCUT2D eigenvalue weighted by molar-refractivity contribution is -0.895. The van der Waals surface area contributed by atoms with Gasteiger partial charge in [0.2, 0.25) is 5.82 Å². The fourth-order valence-corrected chi connectivity index (χ4v) is 3.09. The second-order valence-corrected chi connectivity index (χ2v) is 6.58. The van der Waals surface area contributed by atoms with Crippen molar-refractivity contribution < 1.29 is 36.4 Å². The van der Waals surface area contributed by atoms with E-state index in [-0.39, 0.29) is 12.5 Å². The lowest BCUT2D eigenvalue weighted by Crippen LogP contribution is -3.15. The zero-order chi connectivity index (χ0) is 21.1. The van der Waals surface area contributed by atoms with Gasteiger partial charge in [0.25, 0.3) is 11.8 Å². The summed E-state index contributed by atoms with van der Waals surface area (Å²) in [5.74, 6) is -11.8. The molecule has 3 rings (SSSR count). The van der Waals surface area contributed by atoms with Crippen LogP contribution in [0.1, 0.15) is 10.4 Å². The van der Waals surface area contributed by atoms with E-state index in [1.54, 1.807) is 40.5 Å². The van der Waals surface area contributed by atoms with E-state index in [9.17, 15) is 31.5 Å². The number of halogens is 5. The van der Waals surface area contributed by atoms with E-state index in [0.29, 0.717) is 36.6 Å². The first-order valence-corrected chi connectivity index (χ1v) is 8.78. The molecule has 0 bridgehead atoms. The molecule has 0 spiro atoms. The maximum Gasteiger partial charge on any atom is 0.279 e. The van der Waals surface area contributed by atoms with E-state index in [1.165, 1.54) is 0 Å². The number of quaternary nitrogens is 1. The van der Waals surface area contributed by atoms with Crippen LogP contribution in [0.3, 0.4) is 0 Å². The van der Waals surface area contributed by atoms with E-state index in [4.69, 9.17) is 0 Å². The van der Waals surface area contributed by atoms with Crippen LogP contribution >= 0.6 is 0 Å². The van der Waals surface area contributed by atoms with Gasteiger partial charge in [-0.3, -0.25) is 9.59 Å². The van der Waals surface area contributed by atoms with Crippen molar-refractivity contribution >= 4 is 17.5 Å². The molecule has 0 atom stereocenters. The molecule has 0 radical (unpaired) electrons. The number of nitrogens with zero attached hydrogens (tertiary/aromatic N) is 1. The van der Waals surface area contributed by atoms with Gasteiger partial charge in [0.1, 0.15) is 5.69 Å². The smallest absolute Gasteiger partial charge is 0.279 e. The van der Waals surface area contributed by atoms with Gasteiger partial charge < -0.3 is 15.1 Å². The fourth-order valence-electron chi connectivity index (χ4n) is 3.09. The lowest BCUT2D eigenvalue weighted by Gasteiger charge is -2.32. The molecule has 1 heterocycles. The minimum absolute atomic E-state index is 0.143. The Morgan fingerprint density at radius 3 is 1.93 bits per heavy atom. The molecule has 2 aromatic carbocycles. The van der Waals surface area contributed by atoms with Gasteiger partial charge in [-0.1, -0.05) is 18.2 Å². The molecule has 154 valence electrons. The molecule has 0 aliphatic carbocycles. The van der Waals surface area contributed by atoms with Crippen LogP contribution in [0.2, 0.25) is 0 Å². The molecule has 0 aromatic heterocycles. The van der Waals surface area contributed by atoms with Crippen molar-refractivity contribution in [1.82, 2.24) is 4.90 Å². The first-order valence-electron chi connectivity index (χ1n) is 8.78. The number of hydrogen-bond donors (Lipinski definition) is 2. The van der Waals surface area contributed by atoms with Crippen LogP contribution in [0.5, 0.6) is 0 Å². The zero-order valence-corrected chi connectivity index (χ0v) is 15.1. The first kappa shape index (κ1) is 20.7. The second kappa shape index (κ2) is 8.56. The Morgan fingerprint density at radius 2 is 1.38 bits per heavy atom. The summed E-state index contributed by atoms with van der Waals surface area (Å²) < 4.78 is 66.8. The number of anilines is 1. The predicted octanol–water partition coefficient (Wildman–Crippen LogP) is 1.36. The Hall–Kier alpha value is -3.01. The molecule has 10 heteroatoms. The topological polar surface area (TPSA) is 53.9 Å². The van der Waals surface area contributed by atoms with Crippen LogP contribution in [0.4, 0.5) is 27.6 Å². The third-order valence-electron chi connectivity index (χ3n) is 4.66. The Balaban J connectivity index is 1.58. The fraction of sp³-hybridized carbons (Fsp3) is 0.263. The Bertz CT molecular complexity index is 902. The van der Waals surface area contributed by atoms with Crippen molar-refractivity contribution in [2.45, 2.75) is 0 Å². The molecule has 1 saturated heterocycles. The molecule has 0 unspecified atom stereocenters. The molecule has 2 amide bonds. The SMILES string of the molecule is O=C(C[NH+]1CCN(C(=O)c2ccccc2)CC1)Nc1c(F)c(F)c(F)c(F)c1F. The van der Waals surface area contributed by atoms with Crippen LogP contribution in [0.25, 0.3) is 0 Å². The van der Waals surface area contributed by atoms with E-state index >= 15 is 0 Å². The molecule has 29 heavy (non-hydrogen) atoms. The van der Waals surface area contributed by atoms with Crippen LogP contribution in [-0.2, 0) is 4.79 Å². The molecule has 1 aliphatic rings. The van der Waals surface area contributed by atoms with E-state index in [2.05, 4.69) is 0 Å². The van der Waals surface area contributed by atoms with Crippen LogP contribution in [0.15, 0.2) is 30.3 Å². The molecule has 2 aromatic rings. The maximum absolute atomic E-state index is 13.7. The van der Waals surface area contributed by atoms with Crippen molar-refractivity contribution in [2.24, 2.45) is 0 Å². The van der Waals surface area contributed by atoms with Gasteiger partial charge in [-0.2, -0.15) is 0 Å². The van der Waals surface area contributed by atoms with Gasteiger partial charge in [0, 0.05) is 5.56 Å². The average Bonchev–Trinajstić information content (AvgIpc) is 2.74. The Kier molecular flexibility index (Phi) is 6.12. The largest absolute Gasteiger partial charge is 0.327 e. The molecular formula is C19H17F5N3O2+. The van der Waals surface area contributed by atoms with Gasteiger partial charge in [0.05, 0.1) is 26.2 Å². The normalized spacial score (nSPS) is 14.7. The summed E-state index contributed by atoms with van der Waals surface area (Å²) in [6.07, 6.45) is 0. The van der Waals surface area contributed by atoms with Crippen molar-refractivity contribution in [3.63, 3.8) is 0 Å². The predicted molar refractivity (Wildman–Crippen MR) is 92.8 cm³/mol. The minimum atomic E-state index is -2.29.